The summed E-state index contributed by atoms with van der Waals surface area (Å²) < 4.78 is 4.95. The summed E-state index contributed by atoms with van der Waals surface area (Å²) in [4.78, 5) is 26.8. The van der Waals surface area contributed by atoms with Gasteiger partial charge in [0.05, 0.1) is 0 Å². The van der Waals surface area contributed by atoms with Crippen LogP contribution in [0.2, 0.25) is 0 Å². The molecule has 132 valence electrons. The summed E-state index contributed by atoms with van der Waals surface area (Å²) in [7, 11) is 1.63. The topological polar surface area (TPSA) is 70.7 Å². The molecular weight excluding hydrogens is 306 g/mol. The lowest BCUT2D eigenvalue weighted by molar-refractivity contribution is -0.121. The molecule has 1 aliphatic heterocycles. The van der Waals surface area contributed by atoms with E-state index in [1.807, 2.05) is 38.1 Å². The van der Waals surface area contributed by atoms with Crippen LogP contribution < -0.4 is 15.5 Å². The number of amides is 3. The average Bonchev–Trinajstić information content (AvgIpc) is 3.00. The minimum atomic E-state index is -0.543. The first kappa shape index (κ1) is 18.3. The van der Waals surface area contributed by atoms with Crippen LogP contribution in [0.1, 0.15) is 25.8 Å². The second kappa shape index (κ2) is 8.68. The van der Waals surface area contributed by atoms with Crippen LogP contribution in [-0.2, 0) is 16.0 Å². The standard InChI is InChI=1S/C18H27N3O3/c1-13(2)16(20-18(23)19-10-6-12-24-3)17(22)21-11-9-14-7-4-5-8-15(14)21/h4-5,7-8,13,16H,6,9-12H2,1-3H3,(H2,19,20,23)/t16-/m1/s1. The fourth-order valence-electron chi connectivity index (χ4n) is 2.86. The Bertz CT molecular complexity index is 574. The van der Waals surface area contributed by atoms with E-state index in [0.717, 1.165) is 18.5 Å². The van der Waals surface area contributed by atoms with Crippen molar-refractivity contribution in [3.05, 3.63) is 29.8 Å². The minimum absolute atomic E-state index is 0.00925. The zero-order chi connectivity index (χ0) is 17.5. The first-order valence-electron chi connectivity index (χ1n) is 8.47. The molecule has 0 radical (unpaired) electrons. The number of carbonyl (C=O) groups excluding carboxylic acids is 2. The van der Waals surface area contributed by atoms with Gasteiger partial charge in [-0.05, 0) is 30.4 Å². The Hall–Kier alpha value is -2.08. The van der Waals surface area contributed by atoms with Crippen molar-refractivity contribution in [1.82, 2.24) is 10.6 Å². The highest BCUT2D eigenvalue weighted by Crippen LogP contribution is 2.28. The summed E-state index contributed by atoms with van der Waals surface area (Å²) in [6.45, 7) is 5.66. The highest BCUT2D eigenvalue weighted by atomic mass is 16.5. The largest absolute Gasteiger partial charge is 0.385 e. The highest BCUT2D eigenvalue weighted by Gasteiger charge is 2.32. The molecule has 1 aliphatic rings. The molecule has 6 heteroatoms. The van der Waals surface area contributed by atoms with E-state index in [0.29, 0.717) is 19.7 Å². The van der Waals surface area contributed by atoms with Crippen molar-refractivity contribution >= 4 is 17.6 Å². The van der Waals surface area contributed by atoms with Crippen molar-refractivity contribution in [2.75, 3.05) is 31.7 Å². The lowest BCUT2D eigenvalue weighted by Crippen LogP contribution is -2.53. The number of carbonyl (C=O) groups is 2. The number of nitrogens with zero attached hydrogens (tertiary/aromatic N) is 1. The Morgan fingerprint density at radius 3 is 2.75 bits per heavy atom. The van der Waals surface area contributed by atoms with Crippen LogP contribution in [0.5, 0.6) is 0 Å². The van der Waals surface area contributed by atoms with Crippen molar-refractivity contribution in [1.29, 1.82) is 0 Å². The van der Waals surface area contributed by atoms with Crippen molar-refractivity contribution in [2.24, 2.45) is 5.92 Å². The molecule has 0 saturated carbocycles. The number of hydrogen-bond donors (Lipinski definition) is 2. The van der Waals surface area contributed by atoms with E-state index in [-0.39, 0.29) is 17.9 Å². The molecule has 24 heavy (non-hydrogen) atoms. The van der Waals surface area contributed by atoms with Gasteiger partial charge in [-0.3, -0.25) is 4.79 Å². The van der Waals surface area contributed by atoms with Gasteiger partial charge >= 0.3 is 6.03 Å². The van der Waals surface area contributed by atoms with Gasteiger partial charge in [-0.25, -0.2) is 4.79 Å². The van der Waals surface area contributed by atoms with E-state index in [4.69, 9.17) is 4.74 Å². The molecule has 1 aromatic carbocycles. The zero-order valence-electron chi connectivity index (χ0n) is 14.7. The van der Waals surface area contributed by atoms with Crippen molar-refractivity contribution in [3.8, 4) is 0 Å². The van der Waals surface area contributed by atoms with Crippen LogP contribution in [0, 0.1) is 5.92 Å². The van der Waals surface area contributed by atoms with Crippen molar-refractivity contribution < 1.29 is 14.3 Å². The Balaban J connectivity index is 1.98. The van der Waals surface area contributed by atoms with Gasteiger partial charge in [0.2, 0.25) is 5.91 Å². The van der Waals surface area contributed by atoms with E-state index in [1.165, 1.54) is 5.56 Å². The number of anilines is 1. The first-order valence-corrected chi connectivity index (χ1v) is 8.47. The summed E-state index contributed by atoms with van der Waals surface area (Å²) in [5, 5.41) is 5.59. The summed E-state index contributed by atoms with van der Waals surface area (Å²) in [6, 6.07) is 7.07. The third kappa shape index (κ3) is 4.47. The molecular formula is C18H27N3O3. The molecule has 2 N–H and O–H groups in total. The molecule has 0 aromatic heterocycles. The molecule has 3 amide bonds. The Morgan fingerprint density at radius 2 is 2.04 bits per heavy atom. The van der Waals surface area contributed by atoms with Crippen LogP contribution in [0.25, 0.3) is 0 Å². The maximum atomic E-state index is 12.9. The lowest BCUT2D eigenvalue weighted by Gasteiger charge is -2.27. The minimum Gasteiger partial charge on any atom is -0.385 e. The predicted molar refractivity (Wildman–Crippen MR) is 94.2 cm³/mol. The van der Waals surface area contributed by atoms with Crippen LogP contribution in [0.15, 0.2) is 24.3 Å². The second-order valence-corrected chi connectivity index (χ2v) is 6.34. The van der Waals surface area contributed by atoms with Crippen LogP contribution >= 0.6 is 0 Å². The van der Waals surface area contributed by atoms with Crippen molar-refractivity contribution in [2.45, 2.75) is 32.7 Å². The maximum Gasteiger partial charge on any atom is 0.315 e. The van der Waals surface area contributed by atoms with Gasteiger partial charge < -0.3 is 20.3 Å². The SMILES string of the molecule is COCCCNC(=O)N[C@@H](C(=O)N1CCc2ccccc21)C(C)C. The van der Waals surface area contributed by atoms with Crippen LogP contribution in [-0.4, -0.2) is 44.8 Å². The Kier molecular flexibility index (Phi) is 6.61. The summed E-state index contributed by atoms with van der Waals surface area (Å²) in [6.07, 6.45) is 1.60. The van der Waals surface area contributed by atoms with E-state index in [2.05, 4.69) is 10.6 Å². The average molecular weight is 333 g/mol. The molecule has 2 rings (SSSR count). The number of benzene rings is 1. The molecule has 0 bridgehead atoms. The van der Waals surface area contributed by atoms with Crippen LogP contribution in [0.4, 0.5) is 10.5 Å². The number of para-hydroxylation sites is 1. The van der Waals surface area contributed by atoms with E-state index < -0.39 is 6.04 Å². The Labute approximate surface area is 143 Å². The Morgan fingerprint density at radius 1 is 1.29 bits per heavy atom. The normalized spacial score (nSPS) is 14.4. The van der Waals surface area contributed by atoms with E-state index in [1.54, 1.807) is 12.0 Å². The van der Waals surface area contributed by atoms with Gasteiger partial charge in [0.25, 0.3) is 0 Å². The smallest absolute Gasteiger partial charge is 0.315 e. The molecule has 0 aliphatic carbocycles. The van der Waals surface area contributed by atoms with Gasteiger partial charge in [-0.2, -0.15) is 0 Å². The summed E-state index contributed by atoms with van der Waals surface area (Å²) in [5.74, 6) is -0.0445. The van der Waals surface area contributed by atoms with Crippen molar-refractivity contribution in [3.63, 3.8) is 0 Å². The van der Waals surface area contributed by atoms with Crippen LogP contribution in [0.3, 0.4) is 0 Å². The number of urea groups is 1. The molecule has 0 fully saturated rings. The number of nitrogens with one attached hydrogen (secondary N) is 2. The van der Waals surface area contributed by atoms with E-state index in [9.17, 15) is 9.59 Å². The van der Waals surface area contributed by atoms with E-state index >= 15 is 0 Å². The van der Waals surface area contributed by atoms with Gasteiger partial charge in [-0.15, -0.1) is 0 Å². The molecule has 1 aromatic rings. The molecule has 1 heterocycles. The third-order valence-corrected chi connectivity index (χ3v) is 4.18. The lowest BCUT2D eigenvalue weighted by atomic mass is 10.0. The van der Waals surface area contributed by atoms with Gasteiger partial charge in [0.15, 0.2) is 0 Å². The first-order chi connectivity index (χ1) is 11.5. The highest BCUT2D eigenvalue weighted by molar-refractivity contribution is 6.00. The van der Waals surface area contributed by atoms with Gasteiger partial charge in [-0.1, -0.05) is 32.0 Å². The molecule has 0 saturated heterocycles. The number of ether oxygens (including phenoxy) is 1. The monoisotopic (exact) mass is 333 g/mol. The number of rotatable bonds is 7. The molecule has 1 atom stereocenters. The molecule has 0 spiro atoms. The fourth-order valence-corrected chi connectivity index (χ4v) is 2.86. The number of fused-ring (bicyclic) bond motifs is 1. The fraction of sp³-hybridized carbons (Fsp3) is 0.556. The number of methoxy groups -OCH3 is 1. The van der Waals surface area contributed by atoms with Gasteiger partial charge in [0.1, 0.15) is 6.04 Å². The maximum absolute atomic E-state index is 12.9. The quantitative estimate of drug-likeness (QED) is 0.749. The zero-order valence-corrected chi connectivity index (χ0v) is 14.7. The predicted octanol–water partition coefficient (Wildman–Crippen LogP) is 1.94. The molecule has 6 nitrogen and oxygen atoms in total. The molecule has 0 unspecified atom stereocenters. The number of hydrogen-bond acceptors (Lipinski definition) is 3. The van der Waals surface area contributed by atoms with Gasteiger partial charge in [0, 0.05) is 32.5 Å². The second-order valence-electron chi connectivity index (χ2n) is 6.34. The summed E-state index contributed by atoms with van der Waals surface area (Å²) in [5.41, 5.74) is 2.13. The third-order valence-electron chi connectivity index (χ3n) is 4.18. The summed E-state index contributed by atoms with van der Waals surface area (Å²) >= 11 is 0.